The van der Waals surface area contributed by atoms with Crippen molar-refractivity contribution in [1.29, 1.82) is 0 Å². The largest absolute Gasteiger partial charge is 0.348 e. The number of pyridine rings is 1. The second-order valence-corrected chi connectivity index (χ2v) is 5.52. The molecule has 3 rings (SSSR count). The summed E-state index contributed by atoms with van der Waals surface area (Å²) in [5.74, 6) is 1.01. The highest BCUT2D eigenvalue weighted by molar-refractivity contribution is 5.41. The zero-order chi connectivity index (χ0) is 15.2. The number of aromatic nitrogens is 1. The van der Waals surface area contributed by atoms with Gasteiger partial charge in [0.15, 0.2) is 0 Å². The Morgan fingerprint density at radius 3 is 1.73 bits per heavy atom. The molecule has 0 aliphatic heterocycles. The van der Waals surface area contributed by atoms with Crippen LogP contribution >= 0.6 is 0 Å². The van der Waals surface area contributed by atoms with Crippen LogP contribution in [0.5, 0.6) is 0 Å². The molecule has 0 spiro atoms. The van der Waals surface area contributed by atoms with Crippen LogP contribution in [0.1, 0.15) is 16.7 Å². The fourth-order valence-corrected chi connectivity index (χ4v) is 2.47. The minimum atomic E-state index is 0.853. The van der Waals surface area contributed by atoms with Gasteiger partial charge in [0.05, 0.1) is 0 Å². The third kappa shape index (κ3) is 3.73. The predicted octanol–water partition coefficient (Wildman–Crippen LogP) is 4.60. The van der Waals surface area contributed by atoms with Crippen LogP contribution in [0.25, 0.3) is 0 Å². The standard InChI is InChI=1S/C20H20N2/c1-17-12-13-20(21-14-17)22(15-18-8-4-2-5-9-18)16-19-10-6-3-7-11-19/h2-14H,15-16H2,1H3. The molecule has 0 unspecified atom stereocenters. The van der Waals surface area contributed by atoms with Gasteiger partial charge in [0.2, 0.25) is 0 Å². The normalized spacial score (nSPS) is 10.4. The molecule has 1 aromatic heterocycles. The fourth-order valence-electron chi connectivity index (χ4n) is 2.47. The first-order valence-electron chi connectivity index (χ1n) is 7.57. The maximum Gasteiger partial charge on any atom is 0.129 e. The second-order valence-electron chi connectivity index (χ2n) is 5.52. The molecule has 0 atom stereocenters. The van der Waals surface area contributed by atoms with Gasteiger partial charge in [-0.2, -0.15) is 0 Å². The molecule has 0 saturated heterocycles. The van der Waals surface area contributed by atoms with E-state index in [2.05, 4.69) is 89.6 Å². The van der Waals surface area contributed by atoms with Gasteiger partial charge in [-0.25, -0.2) is 4.98 Å². The lowest BCUT2D eigenvalue weighted by atomic mass is 10.1. The van der Waals surface area contributed by atoms with Crippen molar-refractivity contribution in [2.75, 3.05) is 4.90 Å². The van der Waals surface area contributed by atoms with Gasteiger partial charge in [-0.3, -0.25) is 0 Å². The average molecular weight is 288 g/mol. The maximum absolute atomic E-state index is 4.60. The Balaban J connectivity index is 1.86. The molecule has 0 N–H and O–H groups in total. The van der Waals surface area contributed by atoms with Crippen molar-refractivity contribution in [3.8, 4) is 0 Å². The van der Waals surface area contributed by atoms with Gasteiger partial charge in [-0.1, -0.05) is 66.7 Å². The van der Waals surface area contributed by atoms with Gasteiger partial charge in [0, 0.05) is 19.3 Å². The van der Waals surface area contributed by atoms with E-state index in [1.807, 2.05) is 6.20 Å². The molecule has 110 valence electrons. The number of benzene rings is 2. The minimum Gasteiger partial charge on any atom is -0.348 e. The number of aryl methyl sites for hydroxylation is 1. The van der Waals surface area contributed by atoms with Crippen LogP contribution in [-0.2, 0) is 13.1 Å². The topological polar surface area (TPSA) is 16.1 Å². The number of rotatable bonds is 5. The number of anilines is 1. The first-order chi connectivity index (χ1) is 10.8. The Labute approximate surface area is 132 Å². The molecule has 22 heavy (non-hydrogen) atoms. The number of hydrogen-bond acceptors (Lipinski definition) is 2. The second kappa shape index (κ2) is 6.90. The summed E-state index contributed by atoms with van der Waals surface area (Å²) in [6.45, 7) is 3.77. The highest BCUT2D eigenvalue weighted by Crippen LogP contribution is 2.18. The molecule has 0 aliphatic rings. The summed E-state index contributed by atoms with van der Waals surface area (Å²) < 4.78 is 0. The van der Waals surface area contributed by atoms with Gasteiger partial charge < -0.3 is 4.90 Å². The Kier molecular flexibility index (Phi) is 4.50. The lowest BCUT2D eigenvalue weighted by molar-refractivity contribution is 0.783. The van der Waals surface area contributed by atoms with Gasteiger partial charge >= 0.3 is 0 Å². The molecule has 0 aliphatic carbocycles. The molecular formula is C20H20N2. The number of hydrogen-bond donors (Lipinski definition) is 0. The van der Waals surface area contributed by atoms with E-state index < -0.39 is 0 Å². The molecule has 0 radical (unpaired) electrons. The van der Waals surface area contributed by atoms with Crippen LogP contribution in [0.4, 0.5) is 5.82 Å². The third-order valence-electron chi connectivity index (χ3n) is 3.65. The molecule has 2 aromatic carbocycles. The van der Waals surface area contributed by atoms with Crippen molar-refractivity contribution >= 4 is 5.82 Å². The molecule has 0 saturated carbocycles. The van der Waals surface area contributed by atoms with E-state index in [9.17, 15) is 0 Å². The summed E-state index contributed by atoms with van der Waals surface area (Å²) in [4.78, 5) is 6.91. The monoisotopic (exact) mass is 288 g/mol. The van der Waals surface area contributed by atoms with Gasteiger partial charge in [-0.15, -0.1) is 0 Å². The molecule has 0 bridgehead atoms. The van der Waals surface area contributed by atoms with E-state index in [0.29, 0.717) is 0 Å². The van der Waals surface area contributed by atoms with Crippen molar-refractivity contribution in [2.24, 2.45) is 0 Å². The highest BCUT2D eigenvalue weighted by atomic mass is 15.2. The lowest BCUT2D eigenvalue weighted by Gasteiger charge is -2.24. The zero-order valence-corrected chi connectivity index (χ0v) is 12.8. The Morgan fingerprint density at radius 1 is 0.727 bits per heavy atom. The van der Waals surface area contributed by atoms with Crippen molar-refractivity contribution in [3.63, 3.8) is 0 Å². The van der Waals surface area contributed by atoms with E-state index >= 15 is 0 Å². The molecule has 0 fully saturated rings. The van der Waals surface area contributed by atoms with Gasteiger partial charge in [0.25, 0.3) is 0 Å². The van der Waals surface area contributed by atoms with E-state index in [1.54, 1.807) is 0 Å². The van der Waals surface area contributed by atoms with Crippen LogP contribution in [0.2, 0.25) is 0 Å². The van der Waals surface area contributed by atoms with Crippen LogP contribution in [-0.4, -0.2) is 4.98 Å². The molecule has 1 heterocycles. The minimum absolute atomic E-state index is 0.853. The average Bonchev–Trinajstić information content (AvgIpc) is 2.57. The summed E-state index contributed by atoms with van der Waals surface area (Å²) >= 11 is 0. The lowest BCUT2D eigenvalue weighted by Crippen LogP contribution is -2.23. The highest BCUT2D eigenvalue weighted by Gasteiger charge is 2.09. The van der Waals surface area contributed by atoms with Crippen LogP contribution in [0.3, 0.4) is 0 Å². The van der Waals surface area contributed by atoms with E-state index in [1.165, 1.54) is 16.7 Å². The first kappa shape index (κ1) is 14.3. The molecule has 0 amide bonds. The molecule has 3 aromatic rings. The SMILES string of the molecule is Cc1ccc(N(Cc2ccccc2)Cc2ccccc2)nc1. The number of nitrogens with zero attached hydrogens (tertiary/aromatic N) is 2. The van der Waals surface area contributed by atoms with Crippen molar-refractivity contribution < 1.29 is 0 Å². The summed E-state index contributed by atoms with van der Waals surface area (Å²) in [6.07, 6.45) is 1.93. The summed E-state index contributed by atoms with van der Waals surface area (Å²) in [7, 11) is 0. The summed E-state index contributed by atoms with van der Waals surface area (Å²) in [5.41, 5.74) is 3.77. The predicted molar refractivity (Wildman–Crippen MR) is 91.7 cm³/mol. The van der Waals surface area contributed by atoms with Crippen LogP contribution < -0.4 is 4.90 Å². The molecule has 2 nitrogen and oxygen atoms in total. The smallest absolute Gasteiger partial charge is 0.129 e. The van der Waals surface area contributed by atoms with Crippen LogP contribution in [0.15, 0.2) is 79.0 Å². The van der Waals surface area contributed by atoms with Gasteiger partial charge in [0.1, 0.15) is 5.82 Å². The molecule has 2 heteroatoms. The van der Waals surface area contributed by atoms with E-state index in [-0.39, 0.29) is 0 Å². The van der Waals surface area contributed by atoms with Crippen LogP contribution in [0, 0.1) is 6.92 Å². The summed E-state index contributed by atoms with van der Waals surface area (Å²) in [5, 5.41) is 0. The Bertz CT molecular complexity index is 649. The van der Waals surface area contributed by atoms with Crippen molar-refractivity contribution in [2.45, 2.75) is 20.0 Å². The Morgan fingerprint density at radius 2 is 1.27 bits per heavy atom. The van der Waals surface area contributed by atoms with Crippen molar-refractivity contribution in [1.82, 2.24) is 4.98 Å². The fraction of sp³-hybridized carbons (Fsp3) is 0.150. The summed E-state index contributed by atoms with van der Waals surface area (Å²) in [6, 6.07) is 25.3. The Hall–Kier alpha value is -2.61. The van der Waals surface area contributed by atoms with E-state index in [0.717, 1.165) is 18.9 Å². The maximum atomic E-state index is 4.60. The first-order valence-corrected chi connectivity index (χ1v) is 7.57. The van der Waals surface area contributed by atoms with E-state index in [4.69, 9.17) is 0 Å². The third-order valence-corrected chi connectivity index (χ3v) is 3.65. The quantitative estimate of drug-likeness (QED) is 0.682. The molecular weight excluding hydrogens is 268 g/mol. The van der Waals surface area contributed by atoms with Crippen molar-refractivity contribution in [3.05, 3.63) is 95.7 Å². The zero-order valence-electron chi connectivity index (χ0n) is 12.8. The van der Waals surface area contributed by atoms with Gasteiger partial charge in [-0.05, 0) is 29.7 Å².